The summed E-state index contributed by atoms with van der Waals surface area (Å²) in [5.41, 5.74) is 4.39. The molecule has 90 valence electrons. The predicted octanol–water partition coefficient (Wildman–Crippen LogP) is 2.38. The first-order valence-corrected chi connectivity index (χ1v) is 5.89. The van der Waals surface area contributed by atoms with E-state index in [1.165, 1.54) is 0 Å². The molecule has 1 fully saturated rings. The van der Waals surface area contributed by atoms with Crippen molar-refractivity contribution in [1.82, 2.24) is 5.48 Å². The molecular weight excluding hydrogens is 226 g/mol. The molecule has 1 heterocycles. The van der Waals surface area contributed by atoms with Crippen molar-refractivity contribution in [2.24, 2.45) is 0 Å². The van der Waals surface area contributed by atoms with Gasteiger partial charge in [0.25, 0.3) is 0 Å². The summed E-state index contributed by atoms with van der Waals surface area (Å²) in [6.07, 6.45) is 0.307. The molecular formula is C15H13NO2. The molecule has 3 nitrogen and oxygen atoms in total. The van der Waals surface area contributed by atoms with Crippen molar-refractivity contribution in [3.05, 3.63) is 71.8 Å². The smallest absolute Gasteiger partial charge is 0.327 e. The molecule has 0 spiro atoms. The van der Waals surface area contributed by atoms with Gasteiger partial charge in [0.15, 0.2) is 0 Å². The first-order chi connectivity index (χ1) is 8.81. The molecule has 3 rings (SSSR count). The molecule has 0 radical (unpaired) electrons. The van der Waals surface area contributed by atoms with Crippen molar-refractivity contribution in [2.45, 2.75) is 12.0 Å². The van der Waals surface area contributed by atoms with Crippen LogP contribution in [0.15, 0.2) is 60.7 Å². The highest BCUT2D eigenvalue weighted by molar-refractivity contribution is 5.74. The normalized spacial score (nSPS) is 17.4. The highest BCUT2D eigenvalue weighted by atomic mass is 16.7. The van der Waals surface area contributed by atoms with Gasteiger partial charge in [-0.1, -0.05) is 60.7 Å². The molecule has 0 saturated carbocycles. The van der Waals surface area contributed by atoms with Crippen LogP contribution in [0, 0.1) is 0 Å². The Hall–Kier alpha value is -2.13. The summed E-state index contributed by atoms with van der Waals surface area (Å²) in [5, 5.41) is 0. The number of hydrogen-bond donors (Lipinski definition) is 1. The quantitative estimate of drug-likeness (QED) is 0.874. The van der Waals surface area contributed by atoms with E-state index in [0.29, 0.717) is 6.42 Å². The van der Waals surface area contributed by atoms with Crippen LogP contribution in [-0.2, 0) is 15.2 Å². The SMILES string of the molecule is O=C1CC(c2ccccc2)(c2ccccc2)NO1. The summed E-state index contributed by atoms with van der Waals surface area (Å²) in [7, 11) is 0. The molecule has 0 atom stereocenters. The lowest BCUT2D eigenvalue weighted by Gasteiger charge is -2.27. The summed E-state index contributed by atoms with van der Waals surface area (Å²) in [5.74, 6) is -0.234. The maximum absolute atomic E-state index is 11.5. The van der Waals surface area contributed by atoms with E-state index >= 15 is 0 Å². The minimum atomic E-state index is -0.570. The maximum Gasteiger partial charge on any atom is 0.327 e. The van der Waals surface area contributed by atoms with Crippen LogP contribution in [0.1, 0.15) is 17.5 Å². The van der Waals surface area contributed by atoms with E-state index in [2.05, 4.69) is 5.48 Å². The molecule has 0 unspecified atom stereocenters. The molecule has 1 aliphatic heterocycles. The van der Waals surface area contributed by atoms with Gasteiger partial charge < -0.3 is 4.84 Å². The lowest BCUT2D eigenvalue weighted by Crippen LogP contribution is -2.37. The topological polar surface area (TPSA) is 38.3 Å². The fourth-order valence-corrected chi connectivity index (χ4v) is 2.37. The molecule has 18 heavy (non-hydrogen) atoms. The van der Waals surface area contributed by atoms with Gasteiger partial charge in [0.05, 0.1) is 6.42 Å². The van der Waals surface area contributed by atoms with Crippen LogP contribution in [0.2, 0.25) is 0 Å². The van der Waals surface area contributed by atoms with Gasteiger partial charge in [0.1, 0.15) is 5.54 Å². The molecule has 0 bridgehead atoms. The average Bonchev–Trinajstić information content (AvgIpc) is 2.84. The van der Waals surface area contributed by atoms with Crippen molar-refractivity contribution < 1.29 is 9.63 Å². The number of carbonyl (C=O) groups excluding carboxylic acids is 1. The van der Waals surface area contributed by atoms with Gasteiger partial charge in [-0.05, 0) is 11.1 Å². The third-order valence-corrected chi connectivity index (χ3v) is 3.28. The number of rotatable bonds is 2. The number of benzene rings is 2. The Labute approximate surface area is 105 Å². The van der Waals surface area contributed by atoms with Crippen LogP contribution >= 0.6 is 0 Å². The zero-order valence-corrected chi connectivity index (χ0v) is 9.80. The summed E-state index contributed by atoms with van der Waals surface area (Å²) < 4.78 is 0. The Morgan fingerprint density at radius 2 is 1.39 bits per heavy atom. The van der Waals surface area contributed by atoms with Gasteiger partial charge in [-0.15, -0.1) is 5.48 Å². The fourth-order valence-electron chi connectivity index (χ4n) is 2.37. The summed E-state index contributed by atoms with van der Waals surface area (Å²) in [6, 6.07) is 19.8. The summed E-state index contributed by atoms with van der Waals surface area (Å²) in [4.78, 5) is 16.5. The molecule has 2 aromatic carbocycles. The Morgan fingerprint density at radius 3 is 1.78 bits per heavy atom. The monoisotopic (exact) mass is 239 g/mol. The van der Waals surface area contributed by atoms with Gasteiger partial charge >= 0.3 is 5.97 Å². The number of nitrogens with one attached hydrogen (secondary N) is 1. The van der Waals surface area contributed by atoms with Gasteiger partial charge in [0.2, 0.25) is 0 Å². The Morgan fingerprint density at radius 1 is 0.889 bits per heavy atom. The van der Waals surface area contributed by atoms with Crippen molar-refractivity contribution in [3.63, 3.8) is 0 Å². The minimum absolute atomic E-state index is 0.234. The molecule has 0 aromatic heterocycles. The third-order valence-electron chi connectivity index (χ3n) is 3.28. The Balaban J connectivity index is 2.14. The van der Waals surface area contributed by atoms with E-state index in [-0.39, 0.29) is 5.97 Å². The second-order valence-corrected chi connectivity index (χ2v) is 4.39. The number of hydroxylamine groups is 1. The van der Waals surface area contributed by atoms with E-state index in [1.807, 2.05) is 60.7 Å². The van der Waals surface area contributed by atoms with Crippen molar-refractivity contribution >= 4 is 5.97 Å². The molecule has 0 aliphatic carbocycles. The zero-order valence-electron chi connectivity index (χ0n) is 9.80. The maximum atomic E-state index is 11.5. The van der Waals surface area contributed by atoms with Crippen molar-refractivity contribution in [2.75, 3.05) is 0 Å². The van der Waals surface area contributed by atoms with Gasteiger partial charge in [-0.3, -0.25) is 4.79 Å². The van der Waals surface area contributed by atoms with E-state index in [0.717, 1.165) is 11.1 Å². The zero-order chi connectivity index (χ0) is 12.4. The molecule has 1 aliphatic rings. The molecule has 3 heteroatoms. The van der Waals surface area contributed by atoms with Crippen molar-refractivity contribution in [1.29, 1.82) is 0 Å². The fraction of sp³-hybridized carbons (Fsp3) is 0.133. The standard InChI is InChI=1S/C15H13NO2/c17-14-11-15(16-18-14,12-7-3-1-4-8-12)13-9-5-2-6-10-13/h1-10,16H,11H2. The first kappa shape index (κ1) is 11.0. The van der Waals surface area contributed by atoms with Crippen molar-refractivity contribution in [3.8, 4) is 0 Å². The van der Waals surface area contributed by atoms with E-state index in [9.17, 15) is 4.79 Å². The molecule has 1 N–H and O–H groups in total. The predicted molar refractivity (Wildman–Crippen MR) is 67.5 cm³/mol. The molecule has 0 amide bonds. The van der Waals surface area contributed by atoms with E-state index in [1.54, 1.807) is 0 Å². The van der Waals surface area contributed by atoms with Crippen LogP contribution in [0.25, 0.3) is 0 Å². The lowest BCUT2D eigenvalue weighted by atomic mass is 9.81. The highest BCUT2D eigenvalue weighted by Gasteiger charge is 2.43. The Bertz CT molecular complexity index is 512. The van der Waals surface area contributed by atoms with Crippen LogP contribution in [0.4, 0.5) is 0 Å². The number of hydrogen-bond acceptors (Lipinski definition) is 3. The second kappa shape index (κ2) is 4.27. The summed E-state index contributed by atoms with van der Waals surface area (Å²) >= 11 is 0. The largest absolute Gasteiger partial charge is 0.369 e. The highest BCUT2D eigenvalue weighted by Crippen LogP contribution is 2.36. The Kier molecular flexibility index (Phi) is 2.61. The summed E-state index contributed by atoms with van der Waals surface area (Å²) in [6.45, 7) is 0. The van der Waals surface area contributed by atoms with Gasteiger partial charge in [-0.2, -0.15) is 0 Å². The second-order valence-electron chi connectivity index (χ2n) is 4.39. The lowest BCUT2D eigenvalue weighted by molar-refractivity contribution is -0.143. The van der Waals surface area contributed by atoms with Gasteiger partial charge in [0, 0.05) is 0 Å². The minimum Gasteiger partial charge on any atom is -0.369 e. The molecule has 1 saturated heterocycles. The van der Waals surface area contributed by atoms with Gasteiger partial charge in [-0.25, -0.2) is 0 Å². The van der Waals surface area contributed by atoms with Crippen LogP contribution in [-0.4, -0.2) is 5.97 Å². The van der Waals surface area contributed by atoms with Crippen LogP contribution in [0.5, 0.6) is 0 Å². The van der Waals surface area contributed by atoms with Crippen LogP contribution in [0.3, 0.4) is 0 Å². The first-order valence-electron chi connectivity index (χ1n) is 5.89. The third kappa shape index (κ3) is 1.69. The molecule has 2 aromatic rings. The number of carbonyl (C=O) groups is 1. The van der Waals surface area contributed by atoms with E-state index < -0.39 is 5.54 Å². The van der Waals surface area contributed by atoms with E-state index in [4.69, 9.17) is 4.84 Å². The van der Waals surface area contributed by atoms with Crippen LogP contribution < -0.4 is 5.48 Å². The average molecular weight is 239 g/mol.